The summed E-state index contributed by atoms with van der Waals surface area (Å²) in [5.41, 5.74) is 0. The highest BCUT2D eigenvalue weighted by atomic mass is 16.2. The molecule has 0 saturated carbocycles. The Morgan fingerprint density at radius 3 is 2.93 bits per heavy atom. The van der Waals surface area contributed by atoms with Gasteiger partial charge in [-0.05, 0) is 32.9 Å². The van der Waals surface area contributed by atoms with Crippen molar-refractivity contribution in [2.24, 2.45) is 0 Å². The number of nitrogens with one attached hydrogen (secondary N) is 1. The lowest BCUT2D eigenvalue weighted by Gasteiger charge is -2.29. The van der Waals surface area contributed by atoms with E-state index in [0.717, 1.165) is 13.1 Å². The van der Waals surface area contributed by atoms with E-state index in [1.807, 2.05) is 4.90 Å². The summed E-state index contributed by atoms with van der Waals surface area (Å²) in [6.07, 6.45) is 2.74. The van der Waals surface area contributed by atoms with E-state index >= 15 is 0 Å². The third-order valence-corrected chi connectivity index (χ3v) is 3.65. The predicted octanol–water partition coefficient (Wildman–Crippen LogP) is 0.249. The van der Waals surface area contributed by atoms with Crippen LogP contribution in [0.25, 0.3) is 0 Å². The molecule has 0 aromatic heterocycles. The van der Waals surface area contributed by atoms with Crippen LogP contribution in [-0.2, 0) is 4.79 Å². The van der Waals surface area contributed by atoms with E-state index in [1.165, 1.54) is 19.4 Å². The Morgan fingerprint density at radius 2 is 2.33 bits per heavy atom. The van der Waals surface area contributed by atoms with Crippen molar-refractivity contribution in [1.29, 1.82) is 0 Å². The molecule has 2 aliphatic rings. The summed E-state index contributed by atoms with van der Waals surface area (Å²) >= 11 is 0. The second kappa shape index (κ2) is 4.49. The van der Waals surface area contributed by atoms with Crippen molar-refractivity contribution in [3.8, 4) is 0 Å². The number of hydrogen-bond acceptors (Lipinski definition) is 3. The van der Waals surface area contributed by atoms with Crippen molar-refractivity contribution in [3.05, 3.63) is 0 Å². The van der Waals surface area contributed by atoms with Crippen LogP contribution >= 0.6 is 0 Å². The monoisotopic (exact) mass is 211 g/mol. The molecule has 1 N–H and O–H groups in total. The molecule has 0 spiro atoms. The SMILES string of the molecule is CCN1CCCC1CN1C(=O)CNC1C. The number of rotatable bonds is 3. The van der Waals surface area contributed by atoms with Crippen molar-refractivity contribution < 1.29 is 4.79 Å². The van der Waals surface area contributed by atoms with Gasteiger partial charge in [-0.1, -0.05) is 6.92 Å². The average molecular weight is 211 g/mol. The molecule has 2 saturated heterocycles. The Labute approximate surface area is 91.6 Å². The maximum absolute atomic E-state index is 11.6. The lowest BCUT2D eigenvalue weighted by Crippen LogP contribution is -2.44. The van der Waals surface area contributed by atoms with Gasteiger partial charge in [0.2, 0.25) is 5.91 Å². The van der Waals surface area contributed by atoms with Crippen LogP contribution < -0.4 is 5.32 Å². The highest BCUT2D eigenvalue weighted by molar-refractivity contribution is 5.80. The van der Waals surface area contributed by atoms with E-state index in [4.69, 9.17) is 0 Å². The van der Waals surface area contributed by atoms with Crippen LogP contribution in [0.1, 0.15) is 26.7 Å². The number of likely N-dealkylation sites (N-methyl/N-ethyl adjacent to an activating group) is 1. The molecule has 2 rings (SSSR count). The van der Waals surface area contributed by atoms with E-state index in [9.17, 15) is 4.79 Å². The summed E-state index contributed by atoms with van der Waals surface area (Å²) in [7, 11) is 0. The molecule has 0 aromatic carbocycles. The highest BCUT2D eigenvalue weighted by Crippen LogP contribution is 2.19. The van der Waals surface area contributed by atoms with Crippen molar-refractivity contribution in [1.82, 2.24) is 15.1 Å². The number of likely N-dealkylation sites (tertiary alicyclic amines) is 1. The third-order valence-electron chi connectivity index (χ3n) is 3.65. The van der Waals surface area contributed by atoms with Crippen LogP contribution in [-0.4, -0.2) is 54.1 Å². The molecule has 1 amide bonds. The van der Waals surface area contributed by atoms with Crippen molar-refractivity contribution >= 4 is 5.91 Å². The molecule has 2 aliphatic heterocycles. The number of carbonyl (C=O) groups excluding carboxylic acids is 1. The fourth-order valence-electron chi connectivity index (χ4n) is 2.67. The summed E-state index contributed by atoms with van der Waals surface area (Å²) in [6.45, 7) is 7.99. The summed E-state index contributed by atoms with van der Waals surface area (Å²) < 4.78 is 0. The van der Waals surface area contributed by atoms with Gasteiger partial charge in [0, 0.05) is 12.6 Å². The standard InChI is InChI=1S/C11H21N3O/c1-3-13-6-4-5-10(13)8-14-9(2)12-7-11(14)15/h9-10,12H,3-8H2,1-2H3. The smallest absolute Gasteiger partial charge is 0.237 e. The fourth-order valence-corrected chi connectivity index (χ4v) is 2.67. The number of carbonyl (C=O) groups is 1. The largest absolute Gasteiger partial charge is 0.325 e. The van der Waals surface area contributed by atoms with Gasteiger partial charge in [-0.2, -0.15) is 0 Å². The van der Waals surface area contributed by atoms with Crippen LogP contribution in [0, 0.1) is 0 Å². The molecule has 86 valence electrons. The molecule has 0 bridgehead atoms. The quantitative estimate of drug-likeness (QED) is 0.727. The van der Waals surface area contributed by atoms with Crippen LogP contribution in [0.4, 0.5) is 0 Å². The fraction of sp³-hybridized carbons (Fsp3) is 0.909. The Balaban J connectivity index is 1.92. The average Bonchev–Trinajstić information content (AvgIpc) is 2.79. The number of hydrogen-bond donors (Lipinski definition) is 1. The molecule has 2 unspecified atom stereocenters. The first kappa shape index (κ1) is 10.9. The van der Waals surface area contributed by atoms with Crippen LogP contribution in [0.15, 0.2) is 0 Å². The van der Waals surface area contributed by atoms with E-state index in [1.54, 1.807) is 0 Å². The first-order valence-corrected chi connectivity index (χ1v) is 5.99. The van der Waals surface area contributed by atoms with E-state index in [2.05, 4.69) is 24.1 Å². The second-order valence-electron chi connectivity index (χ2n) is 4.53. The molecule has 2 fully saturated rings. The Bertz CT molecular complexity index is 244. The lowest BCUT2D eigenvalue weighted by molar-refractivity contribution is -0.128. The van der Waals surface area contributed by atoms with Gasteiger partial charge in [0.25, 0.3) is 0 Å². The Morgan fingerprint density at radius 1 is 1.53 bits per heavy atom. The van der Waals surface area contributed by atoms with Gasteiger partial charge in [0.05, 0.1) is 12.7 Å². The van der Waals surface area contributed by atoms with Gasteiger partial charge >= 0.3 is 0 Å². The lowest BCUT2D eigenvalue weighted by atomic mass is 10.2. The summed E-state index contributed by atoms with van der Waals surface area (Å²) in [5, 5.41) is 3.18. The van der Waals surface area contributed by atoms with Gasteiger partial charge in [-0.15, -0.1) is 0 Å². The number of nitrogens with zero attached hydrogens (tertiary/aromatic N) is 2. The van der Waals surface area contributed by atoms with Gasteiger partial charge < -0.3 is 4.90 Å². The Kier molecular flexibility index (Phi) is 3.26. The molecule has 4 heteroatoms. The van der Waals surface area contributed by atoms with Crippen molar-refractivity contribution in [3.63, 3.8) is 0 Å². The summed E-state index contributed by atoms with van der Waals surface area (Å²) in [4.78, 5) is 16.1. The highest BCUT2D eigenvalue weighted by Gasteiger charge is 2.32. The molecule has 2 heterocycles. The maximum atomic E-state index is 11.6. The molecular weight excluding hydrogens is 190 g/mol. The molecular formula is C11H21N3O. The van der Waals surface area contributed by atoms with E-state index in [0.29, 0.717) is 12.6 Å². The zero-order valence-electron chi connectivity index (χ0n) is 9.70. The van der Waals surface area contributed by atoms with Crippen LogP contribution in [0.2, 0.25) is 0 Å². The molecule has 0 aromatic rings. The van der Waals surface area contributed by atoms with Crippen LogP contribution in [0.3, 0.4) is 0 Å². The molecule has 0 radical (unpaired) electrons. The number of amides is 1. The molecule has 0 aliphatic carbocycles. The minimum atomic E-state index is 0.219. The summed E-state index contributed by atoms with van der Waals surface area (Å²) in [6, 6.07) is 0.585. The van der Waals surface area contributed by atoms with Gasteiger partial charge in [0.1, 0.15) is 0 Å². The second-order valence-corrected chi connectivity index (χ2v) is 4.53. The van der Waals surface area contributed by atoms with Gasteiger partial charge in [-0.3, -0.25) is 15.0 Å². The molecule has 2 atom stereocenters. The van der Waals surface area contributed by atoms with Crippen molar-refractivity contribution in [2.45, 2.75) is 38.9 Å². The normalized spacial score (nSPS) is 32.9. The zero-order chi connectivity index (χ0) is 10.8. The first-order chi connectivity index (χ1) is 7.22. The molecule has 4 nitrogen and oxygen atoms in total. The van der Waals surface area contributed by atoms with E-state index < -0.39 is 0 Å². The minimum Gasteiger partial charge on any atom is -0.325 e. The summed E-state index contributed by atoms with van der Waals surface area (Å²) in [5.74, 6) is 0.255. The van der Waals surface area contributed by atoms with Crippen LogP contribution in [0.5, 0.6) is 0 Å². The first-order valence-electron chi connectivity index (χ1n) is 5.99. The Hall–Kier alpha value is -0.610. The minimum absolute atomic E-state index is 0.219. The zero-order valence-corrected chi connectivity index (χ0v) is 9.70. The molecule has 15 heavy (non-hydrogen) atoms. The topological polar surface area (TPSA) is 35.6 Å². The van der Waals surface area contributed by atoms with E-state index in [-0.39, 0.29) is 12.1 Å². The van der Waals surface area contributed by atoms with Gasteiger partial charge in [-0.25, -0.2) is 0 Å². The third kappa shape index (κ3) is 2.16. The maximum Gasteiger partial charge on any atom is 0.237 e. The predicted molar refractivity (Wildman–Crippen MR) is 59.4 cm³/mol. The van der Waals surface area contributed by atoms with Crippen molar-refractivity contribution in [2.75, 3.05) is 26.2 Å². The van der Waals surface area contributed by atoms with Gasteiger partial charge in [0.15, 0.2) is 0 Å².